The van der Waals surface area contributed by atoms with Gasteiger partial charge in [0.2, 0.25) is 5.78 Å². The molecule has 25 heavy (non-hydrogen) atoms. The van der Waals surface area contributed by atoms with Crippen LogP contribution in [0.2, 0.25) is 0 Å². The van der Waals surface area contributed by atoms with E-state index in [9.17, 15) is 19.7 Å². The van der Waals surface area contributed by atoms with Gasteiger partial charge < -0.3 is 9.47 Å². The van der Waals surface area contributed by atoms with Crippen LogP contribution in [-0.2, 0) is 4.79 Å². The van der Waals surface area contributed by atoms with Crippen molar-refractivity contribution in [3.8, 4) is 11.5 Å². The number of carbonyl (C=O) groups excluding carboxylic acids is 2. The molecule has 0 bridgehead atoms. The third kappa shape index (κ3) is 3.40. The minimum absolute atomic E-state index is 0.0504. The molecule has 2 aromatic carbocycles. The zero-order valence-corrected chi connectivity index (χ0v) is 13.2. The van der Waals surface area contributed by atoms with Crippen LogP contribution in [0.3, 0.4) is 0 Å². The number of fused-ring (bicyclic) bond motifs is 1. The Balaban J connectivity index is 1.88. The van der Waals surface area contributed by atoms with Gasteiger partial charge in [0.15, 0.2) is 5.76 Å². The summed E-state index contributed by atoms with van der Waals surface area (Å²) in [6.45, 7) is 1.68. The predicted octanol–water partition coefficient (Wildman–Crippen LogP) is 3.53. The van der Waals surface area contributed by atoms with Gasteiger partial charge in [-0.3, -0.25) is 19.7 Å². The third-order valence-electron chi connectivity index (χ3n) is 3.54. The van der Waals surface area contributed by atoms with E-state index < -0.39 is 10.9 Å². The number of nitro groups is 1. The Kier molecular flexibility index (Phi) is 4.30. The van der Waals surface area contributed by atoms with Crippen LogP contribution in [0.5, 0.6) is 11.5 Å². The van der Waals surface area contributed by atoms with Crippen LogP contribution in [0, 0.1) is 10.1 Å². The molecular formula is C18H13NO6. The zero-order valence-electron chi connectivity index (χ0n) is 13.2. The Morgan fingerprint density at radius 3 is 2.80 bits per heavy atom. The fourth-order valence-electron chi connectivity index (χ4n) is 2.31. The van der Waals surface area contributed by atoms with E-state index in [1.165, 1.54) is 42.5 Å². The summed E-state index contributed by atoms with van der Waals surface area (Å²) < 4.78 is 10.6. The summed E-state index contributed by atoms with van der Waals surface area (Å²) in [5.41, 5.74) is 0.738. The number of hydrogen-bond acceptors (Lipinski definition) is 6. The summed E-state index contributed by atoms with van der Waals surface area (Å²) in [6, 6.07) is 10.4. The first-order chi connectivity index (χ1) is 12.0. The summed E-state index contributed by atoms with van der Waals surface area (Å²) >= 11 is 0. The maximum absolute atomic E-state index is 12.4. The molecule has 0 unspecified atom stereocenters. The standard InChI is InChI=1S/C18H13NO6/c1-2-17(20)24-13-6-7-14-15(10-13)25-16(18(14)21)9-11-4-3-5-12(8-11)19(22)23/h3-10H,2H2,1H3. The number of esters is 1. The molecule has 7 nitrogen and oxygen atoms in total. The van der Waals surface area contributed by atoms with E-state index in [1.807, 2.05) is 0 Å². The lowest BCUT2D eigenvalue weighted by Crippen LogP contribution is -2.05. The quantitative estimate of drug-likeness (QED) is 0.278. The van der Waals surface area contributed by atoms with E-state index in [1.54, 1.807) is 13.0 Å². The Bertz CT molecular complexity index is 916. The number of non-ortho nitro benzene ring substituents is 1. The average molecular weight is 339 g/mol. The van der Waals surface area contributed by atoms with Gasteiger partial charge in [0, 0.05) is 24.6 Å². The number of Topliss-reactive ketones (excluding diaryl/α,β-unsaturated/α-hetero) is 1. The molecule has 0 saturated heterocycles. The first-order valence-electron chi connectivity index (χ1n) is 7.51. The Labute approximate surface area is 142 Å². The van der Waals surface area contributed by atoms with E-state index in [2.05, 4.69) is 0 Å². The topological polar surface area (TPSA) is 95.7 Å². The number of nitro benzene ring substituents is 1. The van der Waals surface area contributed by atoms with E-state index in [4.69, 9.17) is 9.47 Å². The van der Waals surface area contributed by atoms with Crippen LogP contribution in [0.1, 0.15) is 29.3 Å². The Hall–Kier alpha value is -3.48. The number of allylic oxidation sites excluding steroid dienone is 1. The van der Waals surface area contributed by atoms with Crippen molar-refractivity contribution in [3.63, 3.8) is 0 Å². The van der Waals surface area contributed by atoms with Crippen molar-refractivity contribution in [3.05, 3.63) is 69.5 Å². The molecule has 0 fully saturated rings. The molecule has 1 aliphatic rings. The minimum Gasteiger partial charge on any atom is -0.452 e. The molecule has 0 N–H and O–H groups in total. The van der Waals surface area contributed by atoms with Gasteiger partial charge in [-0.25, -0.2) is 0 Å². The van der Waals surface area contributed by atoms with E-state index >= 15 is 0 Å². The highest BCUT2D eigenvalue weighted by Crippen LogP contribution is 2.35. The molecular weight excluding hydrogens is 326 g/mol. The molecule has 1 heterocycles. The number of rotatable bonds is 4. The van der Waals surface area contributed by atoms with E-state index in [0.29, 0.717) is 11.1 Å². The van der Waals surface area contributed by atoms with Gasteiger partial charge in [-0.05, 0) is 23.8 Å². The lowest BCUT2D eigenvalue weighted by molar-refractivity contribution is -0.384. The maximum Gasteiger partial charge on any atom is 0.310 e. The number of ketones is 1. The van der Waals surface area contributed by atoms with Gasteiger partial charge in [0.05, 0.1) is 10.5 Å². The lowest BCUT2D eigenvalue weighted by atomic mass is 10.1. The Morgan fingerprint density at radius 2 is 2.08 bits per heavy atom. The van der Waals surface area contributed by atoms with Crippen molar-refractivity contribution in [1.82, 2.24) is 0 Å². The number of benzene rings is 2. The van der Waals surface area contributed by atoms with Crippen LogP contribution in [0.25, 0.3) is 6.08 Å². The maximum atomic E-state index is 12.4. The summed E-state index contributed by atoms with van der Waals surface area (Å²) in [5.74, 6) is -0.112. The predicted molar refractivity (Wildman–Crippen MR) is 88.4 cm³/mol. The Morgan fingerprint density at radius 1 is 1.28 bits per heavy atom. The smallest absolute Gasteiger partial charge is 0.310 e. The molecule has 0 saturated carbocycles. The summed E-state index contributed by atoms with van der Waals surface area (Å²) in [5, 5.41) is 10.8. The molecule has 2 aromatic rings. The number of hydrogen-bond donors (Lipinski definition) is 0. The van der Waals surface area contributed by atoms with Crippen molar-refractivity contribution in [2.45, 2.75) is 13.3 Å². The van der Waals surface area contributed by atoms with Crippen molar-refractivity contribution in [1.29, 1.82) is 0 Å². The number of nitrogens with zero attached hydrogens (tertiary/aromatic N) is 1. The van der Waals surface area contributed by atoms with E-state index in [0.717, 1.165) is 0 Å². The van der Waals surface area contributed by atoms with Gasteiger partial charge in [-0.1, -0.05) is 19.1 Å². The second-order valence-electron chi connectivity index (χ2n) is 5.28. The second-order valence-corrected chi connectivity index (χ2v) is 5.28. The van der Waals surface area contributed by atoms with Gasteiger partial charge in [-0.15, -0.1) is 0 Å². The van der Waals surface area contributed by atoms with Gasteiger partial charge >= 0.3 is 5.97 Å². The highest BCUT2D eigenvalue weighted by Gasteiger charge is 2.28. The molecule has 7 heteroatoms. The highest BCUT2D eigenvalue weighted by molar-refractivity contribution is 6.14. The van der Waals surface area contributed by atoms with Crippen molar-refractivity contribution >= 4 is 23.5 Å². The average Bonchev–Trinajstić information content (AvgIpc) is 2.90. The lowest BCUT2D eigenvalue weighted by Gasteiger charge is -2.04. The first-order valence-corrected chi connectivity index (χ1v) is 7.51. The van der Waals surface area contributed by atoms with Crippen LogP contribution in [0.15, 0.2) is 48.2 Å². The molecule has 0 aliphatic carbocycles. The molecule has 0 atom stereocenters. The van der Waals surface area contributed by atoms with Crippen molar-refractivity contribution in [2.75, 3.05) is 0 Å². The second kappa shape index (κ2) is 6.56. The molecule has 0 amide bonds. The van der Waals surface area contributed by atoms with Gasteiger partial charge in [-0.2, -0.15) is 0 Å². The van der Waals surface area contributed by atoms with Crippen LogP contribution in [-0.4, -0.2) is 16.7 Å². The van der Waals surface area contributed by atoms with E-state index in [-0.39, 0.29) is 35.1 Å². The normalized spacial score (nSPS) is 14.1. The third-order valence-corrected chi connectivity index (χ3v) is 3.54. The summed E-state index contributed by atoms with van der Waals surface area (Å²) in [6.07, 6.45) is 1.67. The summed E-state index contributed by atoms with van der Waals surface area (Å²) in [7, 11) is 0. The molecule has 1 aliphatic heterocycles. The fraction of sp³-hybridized carbons (Fsp3) is 0.111. The fourth-order valence-corrected chi connectivity index (χ4v) is 2.31. The highest BCUT2D eigenvalue weighted by atomic mass is 16.6. The summed E-state index contributed by atoms with van der Waals surface area (Å²) in [4.78, 5) is 34.0. The molecule has 0 spiro atoms. The first kappa shape index (κ1) is 16.4. The van der Waals surface area contributed by atoms with Crippen molar-refractivity contribution < 1.29 is 24.0 Å². The largest absolute Gasteiger partial charge is 0.452 e. The number of carbonyl (C=O) groups is 2. The van der Waals surface area contributed by atoms with Crippen LogP contribution < -0.4 is 9.47 Å². The van der Waals surface area contributed by atoms with Crippen LogP contribution >= 0.6 is 0 Å². The van der Waals surface area contributed by atoms with Gasteiger partial charge in [0.1, 0.15) is 11.5 Å². The SMILES string of the molecule is CCC(=O)Oc1ccc2c(c1)OC(=Cc1cccc([N+](=O)[O-])c1)C2=O. The minimum atomic E-state index is -0.511. The van der Waals surface area contributed by atoms with Crippen molar-refractivity contribution in [2.24, 2.45) is 0 Å². The zero-order chi connectivity index (χ0) is 18.0. The van der Waals surface area contributed by atoms with Crippen LogP contribution in [0.4, 0.5) is 5.69 Å². The molecule has 0 aromatic heterocycles. The van der Waals surface area contributed by atoms with Gasteiger partial charge in [0.25, 0.3) is 5.69 Å². The monoisotopic (exact) mass is 339 g/mol. The molecule has 0 radical (unpaired) electrons. The molecule has 126 valence electrons. The number of ether oxygens (including phenoxy) is 2. The molecule has 3 rings (SSSR count).